The summed E-state index contributed by atoms with van der Waals surface area (Å²) in [5, 5.41) is 4.36. The van der Waals surface area contributed by atoms with E-state index in [4.69, 9.17) is 9.47 Å². The number of fused-ring (bicyclic) bond motifs is 1. The summed E-state index contributed by atoms with van der Waals surface area (Å²) in [4.78, 5) is 29.1. The van der Waals surface area contributed by atoms with Gasteiger partial charge in [0.1, 0.15) is 0 Å². The Morgan fingerprint density at radius 2 is 1.97 bits per heavy atom. The third kappa shape index (κ3) is 3.86. The van der Waals surface area contributed by atoms with E-state index in [1.807, 2.05) is 31.2 Å². The van der Waals surface area contributed by atoms with Crippen LogP contribution in [-0.4, -0.2) is 27.7 Å². The third-order valence-electron chi connectivity index (χ3n) is 4.29. The van der Waals surface area contributed by atoms with Crippen molar-refractivity contribution < 1.29 is 14.3 Å². The molecule has 0 fully saturated rings. The van der Waals surface area contributed by atoms with Gasteiger partial charge in [0.05, 0.1) is 16.1 Å². The van der Waals surface area contributed by atoms with Crippen LogP contribution < -0.4 is 19.6 Å². The van der Waals surface area contributed by atoms with Gasteiger partial charge in [-0.25, -0.2) is 0 Å². The number of hydrogen-bond acceptors (Lipinski definition) is 7. The summed E-state index contributed by atoms with van der Waals surface area (Å²) in [6.07, 6.45) is 1.72. The molecular weight excluding hydrogens is 470 g/mol. The van der Waals surface area contributed by atoms with Gasteiger partial charge in [-0.15, -0.1) is 5.10 Å². The number of nitrogens with zero attached hydrogens (tertiary/aromatic N) is 3. The summed E-state index contributed by atoms with van der Waals surface area (Å²) < 4.78 is 12.8. The van der Waals surface area contributed by atoms with Gasteiger partial charge < -0.3 is 9.47 Å². The molecule has 0 bridgehead atoms. The molecule has 9 heteroatoms. The number of carbonyl (C=O) groups is 1. The third-order valence-corrected chi connectivity index (χ3v) is 5.84. The van der Waals surface area contributed by atoms with E-state index in [2.05, 4.69) is 26.0 Å². The van der Waals surface area contributed by atoms with Crippen LogP contribution in [0.5, 0.6) is 11.5 Å². The van der Waals surface area contributed by atoms with Crippen LogP contribution in [0.4, 0.5) is 0 Å². The van der Waals surface area contributed by atoms with E-state index in [1.54, 1.807) is 18.2 Å². The van der Waals surface area contributed by atoms with Crippen molar-refractivity contribution in [3.8, 4) is 22.9 Å². The summed E-state index contributed by atoms with van der Waals surface area (Å²) in [5.74, 6) is 0.719. The summed E-state index contributed by atoms with van der Waals surface area (Å²) in [6.45, 7) is 3.32. The first-order valence-electron chi connectivity index (χ1n) is 8.90. The van der Waals surface area contributed by atoms with Crippen molar-refractivity contribution in [2.24, 2.45) is 0 Å². The average Bonchev–Trinajstić information content (AvgIpc) is 3.24. The lowest BCUT2D eigenvalue weighted by Crippen LogP contribution is -2.23. The SMILES string of the molecule is COc1cc(/C=c2\sc3nc(-c4ccc(C)cc4)nn3c2=O)cc(Br)c1OC(C)=O. The van der Waals surface area contributed by atoms with E-state index in [9.17, 15) is 9.59 Å². The molecule has 0 spiro atoms. The van der Waals surface area contributed by atoms with Crippen LogP contribution in [0.15, 0.2) is 45.7 Å². The molecule has 0 unspecified atom stereocenters. The molecule has 2 heterocycles. The van der Waals surface area contributed by atoms with E-state index in [0.717, 1.165) is 11.1 Å². The quantitative estimate of drug-likeness (QED) is 0.325. The van der Waals surface area contributed by atoms with Crippen molar-refractivity contribution in [1.82, 2.24) is 14.6 Å². The summed E-state index contributed by atoms with van der Waals surface area (Å²) >= 11 is 4.64. The molecule has 0 amide bonds. The van der Waals surface area contributed by atoms with Crippen LogP contribution >= 0.6 is 27.3 Å². The zero-order chi connectivity index (χ0) is 21.4. The van der Waals surface area contributed by atoms with Crippen molar-refractivity contribution in [1.29, 1.82) is 0 Å². The molecule has 152 valence electrons. The molecule has 2 aromatic carbocycles. The summed E-state index contributed by atoms with van der Waals surface area (Å²) in [6, 6.07) is 11.3. The molecule has 7 nitrogen and oxygen atoms in total. The number of aromatic nitrogens is 3. The van der Waals surface area contributed by atoms with Gasteiger partial charge in [0.15, 0.2) is 17.3 Å². The number of thiazole rings is 1. The number of ether oxygens (including phenoxy) is 2. The largest absolute Gasteiger partial charge is 0.493 e. The normalized spacial score (nSPS) is 11.8. The number of methoxy groups -OCH3 is 1. The van der Waals surface area contributed by atoms with Crippen molar-refractivity contribution in [3.05, 3.63) is 66.9 Å². The predicted molar refractivity (Wildman–Crippen MR) is 118 cm³/mol. The van der Waals surface area contributed by atoms with Crippen molar-refractivity contribution in [2.45, 2.75) is 13.8 Å². The molecule has 30 heavy (non-hydrogen) atoms. The molecule has 0 aliphatic carbocycles. The highest BCUT2D eigenvalue weighted by atomic mass is 79.9. The first-order valence-corrected chi connectivity index (χ1v) is 10.5. The zero-order valence-electron chi connectivity index (χ0n) is 16.3. The Morgan fingerprint density at radius 3 is 2.60 bits per heavy atom. The second-order valence-corrected chi connectivity index (χ2v) is 8.40. The van der Waals surface area contributed by atoms with E-state index in [0.29, 0.717) is 31.1 Å². The molecule has 0 saturated carbocycles. The molecule has 0 saturated heterocycles. The van der Waals surface area contributed by atoms with E-state index < -0.39 is 5.97 Å². The lowest BCUT2D eigenvalue weighted by Gasteiger charge is -2.10. The van der Waals surface area contributed by atoms with Crippen LogP contribution in [0.3, 0.4) is 0 Å². The van der Waals surface area contributed by atoms with Gasteiger partial charge in [-0.2, -0.15) is 9.50 Å². The fourth-order valence-corrected chi connectivity index (χ4v) is 4.32. The lowest BCUT2D eigenvalue weighted by atomic mass is 10.1. The Kier molecular flexibility index (Phi) is 5.40. The number of carbonyl (C=O) groups excluding carboxylic acids is 1. The minimum Gasteiger partial charge on any atom is -0.493 e. The standard InChI is InChI=1S/C21H16BrN3O4S/c1-11-4-6-14(7-5-11)19-23-21-25(24-19)20(27)17(30-21)10-13-8-15(22)18(29-12(2)26)16(9-13)28-3/h4-10H,1-3H3/b17-10-. The fraction of sp³-hybridized carbons (Fsp3) is 0.143. The maximum Gasteiger partial charge on any atom is 0.308 e. The monoisotopic (exact) mass is 485 g/mol. The molecule has 0 atom stereocenters. The fourth-order valence-electron chi connectivity index (χ4n) is 2.88. The van der Waals surface area contributed by atoms with Crippen LogP contribution in [0.1, 0.15) is 18.1 Å². The van der Waals surface area contributed by atoms with Gasteiger partial charge in [0.25, 0.3) is 5.56 Å². The van der Waals surface area contributed by atoms with Crippen LogP contribution in [-0.2, 0) is 4.79 Å². The molecule has 4 aromatic rings. The minimum atomic E-state index is -0.456. The minimum absolute atomic E-state index is 0.250. The van der Waals surface area contributed by atoms with Crippen LogP contribution in [0, 0.1) is 6.92 Å². The Bertz CT molecular complexity index is 1380. The summed E-state index contributed by atoms with van der Waals surface area (Å²) in [5.41, 5.74) is 2.45. The molecule has 2 aromatic heterocycles. The van der Waals surface area contributed by atoms with E-state index >= 15 is 0 Å². The van der Waals surface area contributed by atoms with Crippen LogP contribution in [0.25, 0.3) is 22.4 Å². The second-order valence-electron chi connectivity index (χ2n) is 6.54. The maximum atomic E-state index is 12.8. The highest BCUT2D eigenvalue weighted by Gasteiger charge is 2.15. The second kappa shape index (κ2) is 8.00. The van der Waals surface area contributed by atoms with Gasteiger partial charge in [-0.05, 0) is 46.6 Å². The Hall–Kier alpha value is -3.04. The van der Waals surface area contributed by atoms with Gasteiger partial charge in [-0.3, -0.25) is 9.59 Å². The van der Waals surface area contributed by atoms with Crippen molar-refractivity contribution in [3.63, 3.8) is 0 Å². The number of hydrogen-bond donors (Lipinski definition) is 0. The summed E-state index contributed by atoms with van der Waals surface area (Å²) in [7, 11) is 1.48. The Balaban J connectivity index is 1.76. The van der Waals surface area contributed by atoms with Gasteiger partial charge in [0, 0.05) is 12.5 Å². The highest BCUT2D eigenvalue weighted by molar-refractivity contribution is 9.10. The molecule has 0 aliphatic heterocycles. The van der Waals surface area contributed by atoms with Crippen molar-refractivity contribution >= 4 is 44.3 Å². The molecule has 0 radical (unpaired) electrons. The molecule has 4 rings (SSSR count). The smallest absolute Gasteiger partial charge is 0.308 e. The number of rotatable bonds is 4. The lowest BCUT2D eigenvalue weighted by molar-refractivity contribution is -0.132. The zero-order valence-corrected chi connectivity index (χ0v) is 18.7. The Morgan fingerprint density at radius 1 is 1.23 bits per heavy atom. The van der Waals surface area contributed by atoms with E-state index in [-0.39, 0.29) is 11.3 Å². The van der Waals surface area contributed by atoms with Gasteiger partial charge in [0.2, 0.25) is 4.96 Å². The number of esters is 1. The number of benzene rings is 2. The highest BCUT2D eigenvalue weighted by Crippen LogP contribution is 2.37. The topological polar surface area (TPSA) is 82.8 Å². The first-order chi connectivity index (χ1) is 14.4. The maximum absolute atomic E-state index is 12.8. The molecule has 0 N–H and O–H groups in total. The molecule has 0 aliphatic rings. The average molecular weight is 486 g/mol. The predicted octanol–water partition coefficient (Wildman–Crippen LogP) is 3.37. The first kappa shape index (κ1) is 20.2. The van der Waals surface area contributed by atoms with Gasteiger partial charge >= 0.3 is 5.97 Å². The van der Waals surface area contributed by atoms with Crippen LogP contribution in [0.2, 0.25) is 0 Å². The van der Waals surface area contributed by atoms with Crippen molar-refractivity contribution in [2.75, 3.05) is 7.11 Å². The van der Waals surface area contributed by atoms with E-state index in [1.165, 1.54) is 29.9 Å². The number of halogens is 1. The Labute approximate surface area is 183 Å². The molecular formula is C21H16BrN3O4S. The number of aryl methyl sites for hydroxylation is 1. The van der Waals surface area contributed by atoms with Gasteiger partial charge in [-0.1, -0.05) is 41.2 Å².